The second kappa shape index (κ2) is 6.08. The van der Waals surface area contributed by atoms with E-state index in [9.17, 15) is 4.79 Å². The van der Waals surface area contributed by atoms with E-state index in [-0.39, 0.29) is 18.1 Å². The van der Waals surface area contributed by atoms with Gasteiger partial charge >= 0.3 is 0 Å². The van der Waals surface area contributed by atoms with Crippen molar-refractivity contribution in [1.29, 1.82) is 0 Å². The van der Waals surface area contributed by atoms with Crippen molar-refractivity contribution in [2.75, 3.05) is 26.7 Å². The van der Waals surface area contributed by atoms with Crippen LogP contribution in [0.5, 0.6) is 0 Å². The fraction of sp³-hybridized carbons (Fsp3) is 0.909. The van der Waals surface area contributed by atoms with Gasteiger partial charge in [0.25, 0.3) is 0 Å². The molecular weight excluding hydrogens is 192 g/mol. The summed E-state index contributed by atoms with van der Waals surface area (Å²) in [4.78, 5) is 13.7. The van der Waals surface area contributed by atoms with Crippen LogP contribution in [0.4, 0.5) is 0 Å². The molecule has 1 aliphatic rings. The zero-order valence-corrected chi connectivity index (χ0v) is 9.95. The van der Waals surface area contributed by atoms with Gasteiger partial charge in [0.2, 0.25) is 5.91 Å². The fourth-order valence-electron chi connectivity index (χ4n) is 1.83. The number of amides is 1. The minimum atomic E-state index is 0.0119. The van der Waals surface area contributed by atoms with Crippen LogP contribution in [0.1, 0.15) is 26.7 Å². The summed E-state index contributed by atoms with van der Waals surface area (Å²) in [5.41, 5.74) is 0. The highest BCUT2D eigenvalue weighted by Crippen LogP contribution is 2.10. The molecule has 1 saturated heterocycles. The van der Waals surface area contributed by atoms with Crippen LogP contribution in [0.3, 0.4) is 0 Å². The third kappa shape index (κ3) is 3.80. The molecule has 4 heteroatoms. The molecule has 15 heavy (non-hydrogen) atoms. The molecule has 0 aromatic heterocycles. The van der Waals surface area contributed by atoms with Crippen LogP contribution in [0.2, 0.25) is 0 Å². The number of ether oxygens (including phenoxy) is 1. The molecule has 0 aromatic carbocycles. The Balaban J connectivity index is 2.31. The van der Waals surface area contributed by atoms with E-state index < -0.39 is 0 Å². The summed E-state index contributed by atoms with van der Waals surface area (Å²) in [5, 5.41) is 3.05. The average Bonchev–Trinajstić information content (AvgIpc) is 2.20. The van der Waals surface area contributed by atoms with Gasteiger partial charge in [-0.25, -0.2) is 0 Å². The van der Waals surface area contributed by atoms with E-state index in [0.717, 1.165) is 25.9 Å². The summed E-state index contributed by atoms with van der Waals surface area (Å²) < 4.78 is 5.45. The molecule has 1 fully saturated rings. The molecule has 1 unspecified atom stereocenters. The second-order valence-corrected chi connectivity index (χ2v) is 4.23. The largest absolute Gasteiger partial charge is 0.377 e. The van der Waals surface area contributed by atoms with Gasteiger partial charge in [-0.15, -0.1) is 0 Å². The molecule has 4 nitrogen and oxygen atoms in total. The number of piperidine rings is 1. The topological polar surface area (TPSA) is 41.6 Å². The minimum absolute atomic E-state index is 0.0119. The first kappa shape index (κ1) is 12.5. The highest BCUT2D eigenvalue weighted by atomic mass is 16.5. The van der Waals surface area contributed by atoms with Crippen LogP contribution >= 0.6 is 0 Å². The summed E-state index contributed by atoms with van der Waals surface area (Å²) in [7, 11) is 1.84. The van der Waals surface area contributed by atoms with E-state index in [2.05, 4.69) is 5.32 Å². The number of carbonyl (C=O) groups excluding carboxylic acids is 1. The lowest BCUT2D eigenvalue weighted by Gasteiger charge is -2.32. The van der Waals surface area contributed by atoms with Gasteiger partial charge in [-0.1, -0.05) is 0 Å². The molecule has 0 radical (unpaired) electrons. The van der Waals surface area contributed by atoms with Crippen molar-refractivity contribution in [3.8, 4) is 0 Å². The number of hydrogen-bond donors (Lipinski definition) is 1. The van der Waals surface area contributed by atoms with Crippen LogP contribution in [0.25, 0.3) is 0 Å². The van der Waals surface area contributed by atoms with E-state index in [4.69, 9.17) is 4.74 Å². The highest BCUT2D eigenvalue weighted by Gasteiger charge is 2.26. The Morgan fingerprint density at radius 3 is 2.93 bits per heavy atom. The fourth-order valence-corrected chi connectivity index (χ4v) is 1.83. The standard InChI is InChI=1S/C11H22N2O2/c1-9(2)15-8-7-13-6-4-5-10(12-3)11(13)14/h9-10,12H,4-8H2,1-3H3. The van der Waals surface area contributed by atoms with E-state index in [1.165, 1.54) is 0 Å². The molecule has 0 bridgehead atoms. The summed E-state index contributed by atoms with van der Waals surface area (Å²) >= 11 is 0. The van der Waals surface area contributed by atoms with Gasteiger partial charge in [0, 0.05) is 13.1 Å². The molecule has 0 aliphatic carbocycles. The lowest BCUT2D eigenvalue weighted by atomic mass is 10.1. The highest BCUT2D eigenvalue weighted by molar-refractivity contribution is 5.82. The molecule has 1 amide bonds. The summed E-state index contributed by atoms with van der Waals surface area (Å²) in [6.45, 7) is 6.25. The maximum Gasteiger partial charge on any atom is 0.239 e. The first-order valence-electron chi connectivity index (χ1n) is 5.72. The normalized spacial score (nSPS) is 22.5. The number of carbonyl (C=O) groups is 1. The van der Waals surface area contributed by atoms with Crippen LogP contribution < -0.4 is 5.32 Å². The van der Waals surface area contributed by atoms with Gasteiger partial charge in [0.1, 0.15) is 0 Å². The number of likely N-dealkylation sites (N-methyl/N-ethyl adjacent to an activating group) is 1. The van der Waals surface area contributed by atoms with Crippen molar-refractivity contribution in [1.82, 2.24) is 10.2 Å². The van der Waals surface area contributed by atoms with E-state index in [0.29, 0.717) is 6.61 Å². The first-order chi connectivity index (χ1) is 7.15. The molecule has 88 valence electrons. The summed E-state index contributed by atoms with van der Waals surface area (Å²) in [5.74, 6) is 0.219. The number of hydrogen-bond acceptors (Lipinski definition) is 3. The molecule has 0 spiro atoms. The third-order valence-corrected chi connectivity index (χ3v) is 2.69. The van der Waals surface area contributed by atoms with Crippen molar-refractivity contribution in [2.45, 2.75) is 38.8 Å². The SMILES string of the molecule is CNC1CCCN(CCOC(C)C)C1=O. The monoisotopic (exact) mass is 214 g/mol. The van der Waals surface area contributed by atoms with Crippen LogP contribution in [-0.4, -0.2) is 49.7 Å². The lowest BCUT2D eigenvalue weighted by molar-refractivity contribution is -0.136. The Kier molecular flexibility index (Phi) is 5.05. The van der Waals surface area contributed by atoms with Gasteiger partial charge in [0.05, 0.1) is 18.8 Å². The third-order valence-electron chi connectivity index (χ3n) is 2.69. The smallest absolute Gasteiger partial charge is 0.239 e. The molecule has 1 rings (SSSR count). The number of rotatable bonds is 5. The molecule has 1 N–H and O–H groups in total. The van der Waals surface area contributed by atoms with E-state index in [1.807, 2.05) is 25.8 Å². The van der Waals surface area contributed by atoms with Crippen molar-refractivity contribution >= 4 is 5.91 Å². The van der Waals surface area contributed by atoms with E-state index >= 15 is 0 Å². The van der Waals surface area contributed by atoms with Gasteiger partial charge in [0.15, 0.2) is 0 Å². The Hall–Kier alpha value is -0.610. The zero-order chi connectivity index (χ0) is 11.3. The predicted molar refractivity (Wildman–Crippen MR) is 59.7 cm³/mol. The number of nitrogens with zero attached hydrogens (tertiary/aromatic N) is 1. The van der Waals surface area contributed by atoms with Crippen molar-refractivity contribution in [2.24, 2.45) is 0 Å². The summed E-state index contributed by atoms with van der Waals surface area (Å²) in [6, 6.07) is 0.0119. The van der Waals surface area contributed by atoms with Crippen molar-refractivity contribution in [3.05, 3.63) is 0 Å². The summed E-state index contributed by atoms with van der Waals surface area (Å²) in [6.07, 6.45) is 2.28. The Labute approximate surface area is 92.0 Å². The average molecular weight is 214 g/mol. The molecule has 1 heterocycles. The van der Waals surface area contributed by atoms with Gasteiger partial charge in [-0.3, -0.25) is 4.79 Å². The van der Waals surface area contributed by atoms with Gasteiger partial charge in [-0.2, -0.15) is 0 Å². The minimum Gasteiger partial charge on any atom is -0.377 e. The van der Waals surface area contributed by atoms with Gasteiger partial charge < -0.3 is 15.0 Å². The van der Waals surface area contributed by atoms with E-state index in [1.54, 1.807) is 0 Å². The number of likely N-dealkylation sites (tertiary alicyclic amines) is 1. The Morgan fingerprint density at radius 1 is 1.60 bits per heavy atom. The Morgan fingerprint density at radius 2 is 2.33 bits per heavy atom. The number of nitrogens with one attached hydrogen (secondary N) is 1. The quantitative estimate of drug-likeness (QED) is 0.729. The van der Waals surface area contributed by atoms with Crippen molar-refractivity contribution in [3.63, 3.8) is 0 Å². The van der Waals surface area contributed by atoms with Crippen LogP contribution in [-0.2, 0) is 9.53 Å². The molecule has 0 aromatic rings. The molecule has 0 saturated carbocycles. The second-order valence-electron chi connectivity index (χ2n) is 4.23. The zero-order valence-electron chi connectivity index (χ0n) is 9.95. The van der Waals surface area contributed by atoms with Crippen molar-refractivity contribution < 1.29 is 9.53 Å². The first-order valence-corrected chi connectivity index (χ1v) is 5.72. The maximum atomic E-state index is 11.8. The molecular formula is C11H22N2O2. The molecule has 1 aliphatic heterocycles. The predicted octanol–water partition coefficient (Wildman–Crippen LogP) is 0.622. The van der Waals surface area contributed by atoms with Gasteiger partial charge in [-0.05, 0) is 33.7 Å². The molecule has 1 atom stereocenters. The van der Waals surface area contributed by atoms with Crippen LogP contribution in [0, 0.1) is 0 Å². The Bertz CT molecular complexity index is 207. The van der Waals surface area contributed by atoms with Crippen LogP contribution in [0.15, 0.2) is 0 Å². The maximum absolute atomic E-state index is 11.8. The lowest BCUT2D eigenvalue weighted by Crippen LogP contribution is -2.50.